The van der Waals surface area contributed by atoms with Crippen molar-refractivity contribution in [2.45, 2.75) is 12.5 Å². The summed E-state index contributed by atoms with van der Waals surface area (Å²) in [6, 6.07) is 1.73. The highest BCUT2D eigenvalue weighted by Gasteiger charge is 2.06. The van der Waals surface area contributed by atoms with Crippen molar-refractivity contribution >= 4 is 11.6 Å². The minimum Gasteiger partial charge on any atom is -0.388 e. The zero-order chi connectivity index (χ0) is 9.68. The predicted octanol–water partition coefficient (Wildman–Crippen LogP) is 1.38. The minimum atomic E-state index is -0.487. The second-order valence-electron chi connectivity index (χ2n) is 2.84. The molecular formula is C9H13ClN2O. The fourth-order valence-corrected chi connectivity index (χ4v) is 1.24. The molecule has 1 atom stereocenters. The maximum atomic E-state index is 9.64. The molecule has 0 saturated heterocycles. The van der Waals surface area contributed by atoms with E-state index in [1.165, 1.54) is 0 Å². The highest BCUT2D eigenvalue weighted by molar-refractivity contribution is 6.30. The van der Waals surface area contributed by atoms with E-state index in [0.29, 0.717) is 11.4 Å². The van der Waals surface area contributed by atoms with Crippen molar-refractivity contribution in [3.05, 3.63) is 29.0 Å². The molecule has 0 aliphatic carbocycles. The Hall–Kier alpha value is -0.640. The summed E-state index contributed by atoms with van der Waals surface area (Å²) in [5.41, 5.74) is 0.766. The number of pyridine rings is 1. The van der Waals surface area contributed by atoms with Gasteiger partial charge in [-0.2, -0.15) is 0 Å². The predicted molar refractivity (Wildman–Crippen MR) is 52.8 cm³/mol. The third kappa shape index (κ3) is 3.30. The number of halogens is 1. The van der Waals surface area contributed by atoms with Crippen molar-refractivity contribution in [1.82, 2.24) is 10.3 Å². The van der Waals surface area contributed by atoms with E-state index in [1.54, 1.807) is 18.5 Å². The van der Waals surface area contributed by atoms with Gasteiger partial charge in [-0.25, -0.2) is 0 Å². The standard InChI is InChI=1S/C9H13ClN2O/c1-11-3-2-9(13)7-4-8(10)6-12-5-7/h4-6,9,11,13H,2-3H2,1H3. The SMILES string of the molecule is CNCCC(O)c1cncc(Cl)c1. The van der Waals surface area contributed by atoms with Gasteiger partial charge in [-0.05, 0) is 26.1 Å². The molecule has 0 amide bonds. The first kappa shape index (κ1) is 10.4. The van der Waals surface area contributed by atoms with Gasteiger partial charge in [-0.15, -0.1) is 0 Å². The molecule has 1 aromatic heterocycles. The van der Waals surface area contributed by atoms with E-state index in [4.69, 9.17) is 11.6 Å². The zero-order valence-electron chi connectivity index (χ0n) is 7.50. The van der Waals surface area contributed by atoms with E-state index < -0.39 is 6.10 Å². The molecule has 1 heterocycles. The Labute approximate surface area is 82.8 Å². The second kappa shape index (κ2) is 5.17. The van der Waals surface area contributed by atoms with Gasteiger partial charge in [0.25, 0.3) is 0 Å². The molecule has 1 rings (SSSR count). The number of aliphatic hydroxyl groups is 1. The van der Waals surface area contributed by atoms with Crippen LogP contribution < -0.4 is 5.32 Å². The average molecular weight is 201 g/mol. The van der Waals surface area contributed by atoms with Gasteiger partial charge in [-0.3, -0.25) is 4.98 Å². The molecule has 1 aromatic rings. The van der Waals surface area contributed by atoms with Crippen LogP contribution in [0.3, 0.4) is 0 Å². The van der Waals surface area contributed by atoms with Crippen LogP contribution in [0.1, 0.15) is 18.1 Å². The van der Waals surface area contributed by atoms with E-state index in [-0.39, 0.29) is 0 Å². The molecule has 0 aromatic carbocycles. The molecule has 0 aliphatic rings. The van der Waals surface area contributed by atoms with Crippen LogP contribution in [-0.4, -0.2) is 23.7 Å². The molecule has 0 fully saturated rings. The number of hydrogen-bond acceptors (Lipinski definition) is 3. The first-order valence-electron chi connectivity index (χ1n) is 4.17. The normalized spacial score (nSPS) is 12.8. The molecule has 0 saturated carbocycles. The van der Waals surface area contributed by atoms with Crippen LogP contribution in [-0.2, 0) is 0 Å². The van der Waals surface area contributed by atoms with Crippen LogP contribution in [0.25, 0.3) is 0 Å². The van der Waals surface area contributed by atoms with Crippen LogP contribution in [0.2, 0.25) is 5.02 Å². The first-order chi connectivity index (χ1) is 6.24. The van der Waals surface area contributed by atoms with Crippen LogP contribution in [0.4, 0.5) is 0 Å². The molecule has 0 spiro atoms. The first-order valence-corrected chi connectivity index (χ1v) is 4.55. The van der Waals surface area contributed by atoms with Crippen molar-refractivity contribution in [3.63, 3.8) is 0 Å². The summed E-state index contributed by atoms with van der Waals surface area (Å²) >= 11 is 5.73. The fourth-order valence-electron chi connectivity index (χ4n) is 1.06. The quantitative estimate of drug-likeness (QED) is 0.772. The highest BCUT2D eigenvalue weighted by Crippen LogP contribution is 2.18. The summed E-state index contributed by atoms with van der Waals surface area (Å²) in [7, 11) is 1.85. The Kier molecular flexibility index (Phi) is 4.15. The van der Waals surface area contributed by atoms with Gasteiger partial charge in [-0.1, -0.05) is 11.6 Å². The Morgan fingerprint density at radius 1 is 1.62 bits per heavy atom. The minimum absolute atomic E-state index is 0.487. The molecule has 0 radical (unpaired) electrons. The lowest BCUT2D eigenvalue weighted by atomic mass is 10.1. The van der Waals surface area contributed by atoms with Gasteiger partial charge in [0.05, 0.1) is 11.1 Å². The molecule has 0 bridgehead atoms. The number of hydrogen-bond donors (Lipinski definition) is 2. The summed E-state index contributed by atoms with van der Waals surface area (Å²) in [5, 5.41) is 13.2. The lowest BCUT2D eigenvalue weighted by Crippen LogP contribution is -2.12. The topological polar surface area (TPSA) is 45.1 Å². The van der Waals surface area contributed by atoms with Gasteiger partial charge < -0.3 is 10.4 Å². The Morgan fingerprint density at radius 3 is 3.00 bits per heavy atom. The summed E-state index contributed by atoms with van der Waals surface area (Å²) in [6.45, 7) is 0.772. The summed E-state index contributed by atoms with van der Waals surface area (Å²) in [5.74, 6) is 0. The Morgan fingerprint density at radius 2 is 2.38 bits per heavy atom. The number of rotatable bonds is 4. The summed E-state index contributed by atoms with van der Waals surface area (Å²) in [6.07, 6.45) is 3.36. The van der Waals surface area contributed by atoms with Gasteiger partial charge in [0.1, 0.15) is 0 Å². The van der Waals surface area contributed by atoms with Crippen molar-refractivity contribution in [3.8, 4) is 0 Å². The van der Waals surface area contributed by atoms with E-state index in [9.17, 15) is 5.11 Å². The number of aliphatic hydroxyl groups excluding tert-OH is 1. The smallest absolute Gasteiger partial charge is 0.0817 e. The van der Waals surface area contributed by atoms with Crippen LogP contribution >= 0.6 is 11.6 Å². The van der Waals surface area contributed by atoms with Crippen LogP contribution in [0, 0.1) is 0 Å². The van der Waals surface area contributed by atoms with Gasteiger partial charge in [0.2, 0.25) is 0 Å². The third-order valence-corrected chi connectivity index (χ3v) is 1.99. The van der Waals surface area contributed by atoms with Crippen molar-refractivity contribution in [2.24, 2.45) is 0 Å². The maximum Gasteiger partial charge on any atom is 0.0817 e. The average Bonchev–Trinajstić information content (AvgIpc) is 2.14. The molecule has 1 unspecified atom stereocenters. The number of nitrogens with one attached hydrogen (secondary N) is 1. The molecule has 13 heavy (non-hydrogen) atoms. The largest absolute Gasteiger partial charge is 0.388 e. The highest BCUT2D eigenvalue weighted by atomic mass is 35.5. The van der Waals surface area contributed by atoms with Gasteiger partial charge in [0, 0.05) is 18.0 Å². The fraction of sp³-hybridized carbons (Fsp3) is 0.444. The van der Waals surface area contributed by atoms with Crippen LogP contribution in [0.5, 0.6) is 0 Å². The molecule has 72 valence electrons. The van der Waals surface area contributed by atoms with Crippen molar-refractivity contribution < 1.29 is 5.11 Å². The van der Waals surface area contributed by atoms with Crippen molar-refractivity contribution in [2.75, 3.05) is 13.6 Å². The Balaban J connectivity index is 2.60. The second-order valence-corrected chi connectivity index (χ2v) is 3.28. The third-order valence-electron chi connectivity index (χ3n) is 1.78. The van der Waals surface area contributed by atoms with E-state index >= 15 is 0 Å². The molecule has 4 heteroatoms. The number of aromatic nitrogens is 1. The van der Waals surface area contributed by atoms with Gasteiger partial charge >= 0.3 is 0 Å². The van der Waals surface area contributed by atoms with Crippen molar-refractivity contribution in [1.29, 1.82) is 0 Å². The van der Waals surface area contributed by atoms with Gasteiger partial charge in [0.15, 0.2) is 0 Å². The van der Waals surface area contributed by atoms with E-state index in [2.05, 4.69) is 10.3 Å². The monoisotopic (exact) mass is 200 g/mol. The zero-order valence-corrected chi connectivity index (χ0v) is 8.25. The molecule has 0 aliphatic heterocycles. The number of nitrogens with zero attached hydrogens (tertiary/aromatic N) is 1. The molecule has 2 N–H and O–H groups in total. The van der Waals surface area contributed by atoms with E-state index in [1.807, 2.05) is 7.05 Å². The summed E-state index contributed by atoms with van der Waals surface area (Å²) < 4.78 is 0. The molecular weight excluding hydrogens is 188 g/mol. The van der Waals surface area contributed by atoms with E-state index in [0.717, 1.165) is 12.1 Å². The van der Waals surface area contributed by atoms with Crippen LogP contribution in [0.15, 0.2) is 18.5 Å². The Bertz CT molecular complexity index is 268. The maximum absolute atomic E-state index is 9.64. The summed E-state index contributed by atoms with van der Waals surface area (Å²) in [4.78, 5) is 3.90. The molecule has 3 nitrogen and oxygen atoms in total. The lowest BCUT2D eigenvalue weighted by molar-refractivity contribution is 0.167. The lowest BCUT2D eigenvalue weighted by Gasteiger charge is -2.09.